The van der Waals surface area contributed by atoms with Gasteiger partial charge < -0.3 is 10.3 Å². The summed E-state index contributed by atoms with van der Waals surface area (Å²) in [6.07, 6.45) is 1.15. The van der Waals surface area contributed by atoms with Gasteiger partial charge in [0.2, 0.25) is 0 Å². The molecule has 1 heterocycles. The van der Waals surface area contributed by atoms with Crippen LogP contribution in [0.1, 0.15) is 25.1 Å². The quantitative estimate of drug-likeness (QED) is 0.864. The number of nitrogens with two attached hydrogens (primary N) is 1. The predicted octanol–water partition coefficient (Wildman–Crippen LogP) is 3.20. The molecule has 2 unspecified atom stereocenters. The fraction of sp³-hybridized carbons (Fsp3) is 0.333. The van der Waals surface area contributed by atoms with Crippen LogP contribution in [-0.4, -0.2) is 10.1 Å². The number of hydrogen-bond acceptors (Lipinski definition) is 4. The third-order valence-electron chi connectivity index (χ3n) is 3.13. The number of nitrogen functional groups attached to an aromatic ring is 1. The topological polar surface area (TPSA) is 64.9 Å². The lowest BCUT2D eigenvalue weighted by molar-refractivity contribution is 0.422. The van der Waals surface area contributed by atoms with Crippen LogP contribution in [0.3, 0.4) is 0 Å². The normalized spacial score (nSPS) is 22.7. The molecule has 2 atom stereocenters. The standard InChI is InChI=1S/C12H12BrN3O/c1-6-4-8(6)11-15-12(17-16-11)9-5-7(13)2-3-10(9)14/h2-3,5-6,8H,4,14H2,1H3. The zero-order valence-corrected chi connectivity index (χ0v) is 10.9. The smallest absolute Gasteiger partial charge is 0.260 e. The molecule has 1 saturated carbocycles. The summed E-state index contributed by atoms with van der Waals surface area (Å²) in [4.78, 5) is 4.42. The highest BCUT2D eigenvalue weighted by molar-refractivity contribution is 9.10. The molecule has 0 bridgehead atoms. The first-order chi connectivity index (χ1) is 8.15. The average Bonchev–Trinajstić information content (AvgIpc) is 2.85. The van der Waals surface area contributed by atoms with E-state index in [9.17, 15) is 0 Å². The number of aromatic nitrogens is 2. The minimum atomic E-state index is 0.459. The van der Waals surface area contributed by atoms with Crippen LogP contribution < -0.4 is 5.73 Å². The first-order valence-electron chi connectivity index (χ1n) is 5.54. The van der Waals surface area contributed by atoms with Crippen molar-refractivity contribution in [2.75, 3.05) is 5.73 Å². The van der Waals surface area contributed by atoms with Gasteiger partial charge in [0, 0.05) is 16.1 Å². The SMILES string of the molecule is CC1CC1c1noc(-c2cc(Br)ccc2N)n1. The van der Waals surface area contributed by atoms with E-state index in [1.807, 2.05) is 18.2 Å². The fourth-order valence-electron chi connectivity index (χ4n) is 1.89. The molecule has 0 saturated heterocycles. The Labute approximate surface area is 107 Å². The van der Waals surface area contributed by atoms with Gasteiger partial charge in [-0.05, 0) is 30.5 Å². The summed E-state index contributed by atoms with van der Waals surface area (Å²) >= 11 is 3.41. The third-order valence-corrected chi connectivity index (χ3v) is 3.62. The van der Waals surface area contributed by atoms with Gasteiger partial charge in [-0.25, -0.2) is 0 Å². The van der Waals surface area contributed by atoms with E-state index in [1.54, 1.807) is 0 Å². The molecular weight excluding hydrogens is 282 g/mol. The van der Waals surface area contributed by atoms with Gasteiger partial charge in [-0.1, -0.05) is 28.0 Å². The lowest BCUT2D eigenvalue weighted by Crippen LogP contribution is -1.90. The highest BCUT2D eigenvalue weighted by Crippen LogP contribution is 2.46. The van der Waals surface area contributed by atoms with Crippen molar-refractivity contribution >= 4 is 21.6 Å². The Morgan fingerprint density at radius 1 is 1.47 bits per heavy atom. The van der Waals surface area contributed by atoms with Gasteiger partial charge in [-0.3, -0.25) is 0 Å². The van der Waals surface area contributed by atoms with Gasteiger partial charge in [-0.2, -0.15) is 4.98 Å². The van der Waals surface area contributed by atoms with E-state index in [0.717, 1.165) is 22.3 Å². The maximum absolute atomic E-state index is 5.90. The van der Waals surface area contributed by atoms with E-state index in [-0.39, 0.29) is 0 Å². The maximum Gasteiger partial charge on any atom is 0.260 e. The number of hydrogen-bond donors (Lipinski definition) is 1. The molecule has 88 valence electrons. The summed E-state index contributed by atoms with van der Waals surface area (Å²) in [6.45, 7) is 2.19. The molecule has 0 spiro atoms. The van der Waals surface area contributed by atoms with Crippen LogP contribution in [0.2, 0.25) is 0 Å². The summed E-state index contributed by atoms with van der Waals surface area (Å²) in [5.41, 5.74) is 7.33. The predicted molar refractivity (Wildman–Crippen MR) is 68.4 cm³/mol. The summed E-state index contributed by atoms with van der Waals surface area (Å²) < 4.78 is 6.22. The molecular formula is C12H12BrN3O. The molecule has 1 aromatic carbocycles. The van der Waals surface area contributed by atoms with Gasteiger partial charge in [0.15, 0.2) is 5.82 Å². The molecule has 0 radical (unpaired) electrons. The second-order valence-electron chi connectivity index (χ2n) is 4.51. The Hall–Kier alpha value is -1.36. The molecule has 1 fully saturated rings. The highest BCUT2D eigenvalue weighted by Gasteiger charge is 2.38. The molecule has 0 aliphatic heterocycles. The largest absolute Gasteiger partial charge is 0.398 e. The summed E-state index contributed by atoms with van der Waals surface area (Å²) in [7, 11) is 0. The molecule has 2 aromatic rings. The zero-order chi connectivity index (χ0) is 12.0. The molecule has 1 aromatic heterocycles. The van der Waals surface area contributed by atoms with Crippen molar-refractivity contribution in [2.45, 2.75) is 19.3 Å². The van der Waals surface area contributed by atoms with Crippen molar-refractivity contribution in [1.82, 2.24) is 10.1 Å². The molecule has 0 amide bonds. The van der Waals surface area contributed by atoms with Crippen molar-refractivity contribution in [3.05, 3.63) is 28.5 Å². The maximum atomic E-state index is 5.90. The number of halogens is 1. The Balaban J connectivity index is 1.98. The van der Waals surface area contributed by atoms with E-state index < -0.39 is 0 Å². The number of anilines is 1. The van der Waals surface area contributed by atoms with Crippen molar-refractivity contribution in [3.8, 4) is 11.5 Å². The fourth-order valence-corrected chi connectivity index (χ4v) is 2.25. The van der Waals surface area contributed by atoms with Crippen molar-refractivity contribution in [1.29, 1.82) is 0 Å². The molecule has 17 heavy (non-hydrogen) atoms. The lowest BCUT2D eigenvalue weighted by Gasteiger charge is -2.00. The van der Waals surface area contributed by atoms with Gasteiger partial charge in [0.1, 0.15) is 0 Å². The van der Waals surface area contributed by atoms with Crippen LogP contribution in [0, 0.1) is 5.92 Å². The van der Waals surface area contributed by atoms with Gasteiger partial charge in [-0.15, -0.1) is 0 Å². The van der Waals surface area contributed by atoms with Crippen LogP contribution >= 0.6 is 15.9 Å². The minimum Gasteiger partial charge on any atom is -0.398 e. The third kappa shape index (κ3) is 1.95. The van der Waals surface area contributed by atoms with Crippen molar-refractivity contribution < 1.29 is 4.52 Å². The first kappa shape index (κ1) is 10.8. The Bertz CT molecular complexity index is 567. The number of rotatable bonds is 2. The van der Waals surface area contributed by atoms with E-state index >= 15 is 0 Å². The van der Waals surface area contributed by atoms with Gasteiger partial charge >= 0.3 is 0 Å². The Morgan fingerprint density at radius 2 is 2.24 bits per heavy atom. The van der Waals surface area contributed by atoms with Gasteiger partial charge in [0.05, 0.1) is 5.56 Å². The average molecular weight is 294 g/mol. The Kier molecular flexibility index (Phi) is 2.43. The summed E-state index contributed by atoms with van der Waals surface area (Å²) in [5.74, 6) is 2.42. The lowest BCUT2D eigenvalue weighted by atomic mass is 10.2. The molecule has 4 nitrogen and oxygen atoms in total. The molecule has 1 aliphatic rings. The Morgan fingerprint density at radius 3 is 2.94 bits per heavy atom. The number of nitrogens with zero attached hydrogens (tertiary/aromatic N) is 2. The number of benzene rings is 1. The zero-order valence-electron chi connectivity index (χ0n) is 9.35. The van der Waals surface area contributed by atoms with E-state index in [1.165, 1.54) is 0 Å². The van der Waals surface area contributed by atoms with Crippen LogP contribution in [0.4, 0.5) is 5.69 Å². The second kappa shape index (κ2) is 3.84. The summed E-state index contributed by atoms with van der Waals surface area (Å²) in [6, 6.07) is 5.60. The molecule has 5 heteroatoms. The van der Waals surface area contributed by atoms with Crippen LogP contribution in [0.25, 0.3) is 11.5 Å². The monoisotopic (exact) mass is 293 g/mol. The molecule has 3 rings (SSSR count). The second-order valence-corrected chi connectivity index (χ2v) is 5.42. The highest BCUT2D eigenvalue weighted by atomic mass is 79.9. The van der Waals surface area contributed by atoms with E-state index in [4.69, 9.17) is 10.3 Å². The van der Waals surface area contributed by atoms with Crippen LogP contribution in [-0.2, 0) is 0 Å². The first-order valence-corrected chi connectivity index (χ1v) is 6.33. The van der Waals surface area contributed by atoms with Crippen LogP contribution in [0.5, 0.6) is 0 Å². The van der Waals surface area contributed by atoms with Crippen molar-refractivity contribution in [2.24, 2.45) is 5.92 Å². The van der Waals surface area contributed by atoms with Gasteiger partial charge in [0.25, 0.3) is 5.89 Å². The van der Waals surface area contributed by atoms with E-state index in [2.05, 4.69) is 33.0 Å². The van der Waals surface area contributed by atoms with E-state index in [0.29, 0.717) is 23.4 Å². The minimum absolute atomic E-state index is 0.459. The van der Waals surface area contributed by atoms with Crippen molar-refractivity contribution in [3.63, 3.8) is 0 Å². The molecule has 2 N–H and O–H groups in total. The van der Waals surface area contributed by atoms with Crippen LogP contribution in [0.15, 0.2) is 27.2 Å². The molecule has 1 aliphatic carbocycles. The summed E-state index contributed by atoms with van der Waals surface area (Å²) in [5, 5.41) is 4.02.